The number of nitrogens with zero attached hydrogens (tertiary/aromatic N) is 3. The first-order chi connectivity index (χ1) is 11.1. The van der Waals surface area contributed by atoms with Gasteiger partial charge in [0.2, 0.25) is 0 Å². The number of carbonyl (C=O) groups excluding carboxylic acids is 1. The van der Waals surface area contributed by atoms with Crippen LogP contribution in [0.5, 0.6) is 0 Å². The van der Waals surface area contributed by atoms with Crippen LogP contribution in [0.25, 0.3) is 5.69 Å². The zero-order valence-corrected chi connectivity index (χ0v) is 13.4. The van der Waals surface area contributed by atoms with Gasteiger partial charge < -0.3 is 4.90 Å². The highest BCUT2D eigenvalue weighted by Crippen LogP contribution is 2.13. The van der Waals surface area contributed by atoms with Crippen molar-refractivity contribution in [2.75, 3.05) is 7.05 Å². The number of para-hydroxylation sites is 1. The molecule has 23 heavy (non-hydrogen) atoms. The molecule has 2 aromatic carbocycles. The number of benzene rings is 2. The summed E-state index contributed by atoms with van der Waals surface area (Å²) in [5, 5.41) is 4.96. The van der Waals surface area contributed by atoms with Gasteiger partial charge in [0.1, 0.15) is 0 Å². The van der Waals surface area contributed by atoms with E-state index >= 15 is 0 Å². The highest BCUT2D eigenvalue weighted by Gasteiger charge is 2.13. The van der Waals surface area contributed by atoms with Crippen molar-refractivity contribution in [3.8, 4) is 5.69 Å². The molecule has 1 aromatic heterocycles. The van der Waals surface area contributed by atoms with Gasteiger partial charge in [-0.1, -0.05) is 29.8 Å². The van der Waals surface area contributed by atoms with Gasteiger partial charge in [0.05, 0.1) is 11.9 Å². The first kappa shape index (κ1) is 15.3. The number of aromatic nitrogens is 2. The average molecular weight is 326 g/mol. The van der Waals surface area contributed by atoms with E-state index in [1.165, 1.54) is 0 Å². The second-order valence-electron chi connectivity index (χ2n) is 5.30. The van der Waals surface area contributed by atoms with Crippen LogP contribution in [0.3, 0.4) is 0 Å². The lowest BCUT2D eigenvalue weighted by Gasteiger charge is -2.16. The molecule has 3 rings (SSSR count). The molecule has 0 fully saturated rings. The molecule has 1 heterocycles. The van der Waals surface area contributed by atoms with Gasteiger partial charge in [-0.25, -0.2) is 4.68 Å². The van der Waals surface area contributed by atoms with Gasteiger partial charge >= 0.3 is 0 Å². The topological polar surface area (TPSA) is 38.1 Å². The third-order valence-corrected chi connectivity index (χ3v) is 3.77. The maximum atomic E-state index is 12.4. The molecular weight excluding hydrogens is 310 g/mol. The van der Waals surface area contributed by atoms with Crippen molar-refractivity contribution < 1.29 is 4.79 Å². The summed E-state index contributed by atoms with van der Waals surface area (Å²) in [6.07, 6.45) is 3.71. The Morgan fingerprint density at radius 2 is 1.83 bits per heavy atom. The molecule has 0 radical (unpaired) electrons. The Balaban J connectivity index is 1.71. The van der Waals surface area contributed by atoms with Gasteiger partial charge in [-0.3, -0.25) is 4.79 Å². The standard InChI is InChI=1S/C18H16ClN3O/c1-21(18(23)15-7-9-16(19)10-8-15)12-14-11-20-22(13-14)17-5-3-2-4-6-17/h2-11,13H,12H2,1H3. The Bertz CT molecular complexity index is 797. The van der Waals surface area contributed by atoms with Gasteiger partial charge in [0, 0.05) is 35.9 Å². The summed E-state index contributed by atoms with van der Waals surface area (Å²) in [6, 6.07) is 16.8. The highest BCUT2D eigenvalue weighted by atomic mass is 35.5. The van der Waals surface area contributed by atoms with E-state index in [0.717, 1.165) is 11.3 Å². The fourth-order valence-electron chi connectivity index (χ4n) is 2.32. The fourth-order valence-corrected chi connectivity index (χ4v) is 2.45. The number of hydrogen-bond donors (Lipinski definition) is 0. The van der Waals surface area contributed by atoms with Gasteiger partial charge in [-0.2, -0.15) is 5.10 Å². The minimum atomic E-state index is -0.0471. The molecular formula is C18H16ClN3O. The predicted molar refractivity (Wildman–Crippen MR) is 90.8 cm³/mol. The van der Waals surface area contributed by atoms with Crippen molar-refractivity contribution in [2.45, 2.75) is 6.54 Å². The zero-order valence-electron chi connectivity index (χ0n) is 12.7. The molecule has 116 valence electrons. The number of halogens is 1. The maximum Gasteiger partial charge on any atom is 0.253 e. The minimum Gasteiger partial charge on any atom is -0.337 e. The average Bonchev–Trinajstić information content (AvgIpc) is 3.04. The summed E-state index contributed by atoms with van der Waals surface area (Å²) >= 11 is 5.85. The van der Waals surface area contributed by atoms with E-state index in [9.17, 15) is 4.79 Å². The first-order valence-corrected chi connectivity index (χ1v) is 7.61. The van der Waals surface area contributed by atoms with E-state index in [1.807, 2.05) is 36.5 Å². The van der Waals surface area contributed by atoms with Crippen LogP contribution in [0.4, 0.5) is 0 Å². The molecule has 1 amide bonds. The lowest BCUT2D eigenvalue weighted by atomic mass is 10.2. The number of hydrogen-bond acceptors (Lipinski definition) is 2. The van der Waals surface area contributed by atoms with Crippen molar-refractivity contribution in [1.82, 2.24) is 14.7 Å². The number of carbonyl (C=O) groups is 1. The highest BCUT2D eigenvalue weighted by molar-refractivity contribution is 6.30. The fraction of sp³-hybridized carbons (Fsp3) is 0.111. The van der Waals surface area contributed by atoms with Crippen LogP contribution in [-0.2, 0) is 6.54 Å². The Morgan fingerprint density at radius 3 is 2.52 bits per heavy atom. The number of rotatable bonds is 4. The largest absolute Gasteiger partial charge is 0.337 e. The summed E-state index contributed by atoms with van der Waals surface area (Å²) in [5.74, 6) is -0.0471. The zero-order chi connectivity index (χ0) is 16.2. The normalized spacial score (nSPS) is 10.5. The van der Waals surface area contributed by atoms with Crippen molar-refractivity contribution in [3.05, 3.63) is 83.1 Å². The second kappa shape index (κ2) is 6.67. The maximum absolute atomic E-state index is 12.4. The van der Waals surface area contributed by atoms with Crippen molar-refractivity contribution >= 4 is 17.5 Å². The van der Waals surface area contributed by atoms with E-state index in [0.29, 0.717) is 17.1 Å². The third-order valence-electron chi connectivity index (χ3n) is 3.51. The Hall–Kier alpha value is -2.59. The van der Waals surface area contributed by atoms with E-state index in [4.69, 9.17) is 11.6 Å². The summed E-state index contributed by atoms with van der Waals surface area (Å²) in [4.78, 5) is 14.1. The Labute approximate surface area is 139 Å². The van der Waals surface area contributed by atoms with E-state index in [-0.39, 0.29) is 5.91 Å². The lowest BCUT2D eigenvalue weighted by molar-refractivity contribution is 0.0785. The smallest absolute Gasteiger partial charge is 0.253 e. The Kier molecular flexibility index (Phi) is 4.44. The quantitative estimate of drug-likeness (QED) is 0.732. The number of amides is 1. The van der Waals surface area contributed by atoms with Crippen LogP contribution < -0.4 is 0 Å². The van der Waals surface area contributed by atoms with Crippen LogP contribution in [0.2, 0.25) is 5.02 Å². The van der Waals surface area contributed by atoms with Gasteiger partial charge in [-0.15, -0.1) is 0 Å². The molecule has 0 saturated carbocycles. The summed E-state index contributed by atoms with van der Waals surface area (Å²) in [7, 11) is 1.77. The minimum absolute atomic E-state index is 0.0471. The molecule has 0 atom stereocenters. The van der Waals surface area contributed by atoms with E-state index < -0.39 is 0 Å². The molecule has 0 aliphatic carbocycles. The molecule has 0 N–H and O–H groups in total. The molecule has 0 spiro atoms. The molecule has 0 unspecified atom stereocenters. The van der Waals surface area contributed by atoms with Crippen LogP contribution in [0.15, 0.2) is 67.0 Å². The molecule has 5 heteroatoms. The summed E-state index contributed by atoms with van der Waals surface area (Å²) in [5.41, 5.74) is 2.58. The monoisotopic (exact) mass is 325 g/mol. The van der Waals surface area contributed by atoms with Gasteiger partial charge in [-0.05, 0) is 36.4 Å². The van der Waals surface area contributed by atoms with Gasteiger partial charge in [0.25, 0.3) is 5.91 Å². The van der Waals surface area contributed by atoms with Gasteiger partial charge in [0.15, 0.2) is 0 Å². The lowest BCUT2D eigenvalue weighted by Crippen LogP contribution is -2.25. The van der Waals surface area contributed by atoms with Crippen molar-refractivity contribution in [3.63, 3.8) is 0 Å². The van der Waals surface area contributed by atoms with Crippen LogP contribution in [0.1, 0.15) is 15.9 Å². The first-order valence-electron chi connectivity index (χ1n) is 7.23. The molecule has 0 bridgehead atoms. The second-order valence-corrected chi connectivity index (χ2v) is 5.73. The van der Waals surface area contributed by atoms with Crippen molar-refractivity contribution in [2.24, 2.45) is 0 Å². The van der Waals surface area contributed by atoms with Crippen LogP contribution in [0, 0.1) is 0 Å². The van der Waals surface area contributed by atoms with E-state index in [2.05, 4.69) is 5.10 Å². The third kappa shape index (κ3) is 3.60. The van der Waals surface area contributed by atoms with E-state index in [1.54, 1.807) is 47.1 Å². The summed E-state index contributed by atoms with van der Waals surface area (Å²) in [6.45, 7) is 0.494. The molecule has 3 aromatic rings. The van der Waals surface area contributed by atoms with Crippen LogP contribution >= 0.6 is 11.6 Å². The molecule has 4 nitrogen and oxygen atoms in total. The molecule has 0 aliphatic heterocycles. The predicted octanol–water partition coefficient (Wildman–Crippen LogP) is 3.80. The van der Waals surface area contributed by atoms with Crippen molar-refractivity contribution in [1.29, 1.82) is 0 Å². The summed E-state index contributed by atoms with van der Waals surface area (Å²) < 4.78 is 1.80. The Morgan fingerprint density at radius 1 is 1.13 bits per heavy atom. The molecule has 0 saturated heterocycles. The van der Waals surface area contributed by atoms with Crippen LogP contribution in [-0.4, -0.2) is 27.6 Å². The molecule has 0 aliphatic rings. The SMILES string of the molecule is CN(Cc1cnn(-c2ccccc2)c1)C(=O)c1ccc(Cl)cc1.